The van der Waals surface area contributed by atoms with Crippen LogP contribution in [0.25, 0.3) is 0 Å². The average Bonchev–Trinajstić information content (AvgIpc) is 2.43. The van der Waals surface area contributed by atoms with E-state index in [0.717, 1.165) is 0 Å². The van der Waals surface area contributed by atoms with E-state index in [9.17, 15) is 4.79 Å². The van der Waals surface area contributed by atoms with Gasteiger partial charge in [-0.25, -0.2) is 4.79 Å². The Kier molecular flexibility index (Phi) is 15.1. The summed E-state index contributed by atoms with van der Waals surface area (Å²) in [5.41, 5.74) is 0. The van der Waals surface area contributed by atoms with Gasteiger partial charge in [0.1, 0.15) is 0 Å². The van der Waals surface area contributed by atoms with E-state index >= 15 is 0 Å². The molecule has 0 rings (SSSR count). The Labute approximate surface area is 120 Å². The molecule has 0 aliphatic heterocycles. The Morgan fingerprint density at radius 1 is 0.789 bits per heavy atom. The van der Waals surface area contributed by atoms with Crippen LogP contribution in [0.1, 0.15) is 90.9 Å². The number of hydrogen-bond acceptors (Lipinski definition) is 2. The molecular weight excluding hydrogens is 236 g/mol. The zero-order chi connectivity index (χ0) is 14.2. The minimum atomic E-state index is 0.560. The number of rotatable bonds is 15. The quantitative estimate of drug-likeness (QED) is 0.372. The lowest BCUT2D eigenvalue weighted by Crippen LogP contribution is -2.09. The Bertz CT molecular complexity index is 180. The average molecular weight is 269 g/mol. The van der Waals surface area contributed by atoms with Gasteiger partial charge in [0.05, 0.1) is 6.61 Å². The summed E-state index contributed by atoms with van der Waals surface area (Å²) in [4.78, 5) is 10.2. The van der Waals surface area contributed by atoms with Crippen LogP contribution in [0.4, 0.5) is 0 Å². The van der Waals surface area contributed by atoms with Gasteiger partial charge in [0, 0.05) is 0 Å². The van der Waals surface area contributed by atoms with E-state index in [0.29, 0.717) is 12.5 Å². The maximum Gasteiger partial charge on any atom is 0.417 e. The fraction of sp³-hybridized carbons (Fsp3) is 0.941. The molecule has 0 fully saturated rings. The third-order valence-electron chi connectivity index (χ3n) is 3.81. The van der Waals surface area contributed by atoms with Crippen LogP contribution in [0.5, 0.6) is 0 Å². The Hall–Kier alpha value is -0.530. The summed E-state index contributed by atoms with van der Waals surface area (Å²) in [6.45, 7) is 6.63. The summed E-state index contributed by atoms with van der Waals surface area (Å²) >= 11 is 0. The summed E-state index contributed by atoms with van der Waals surface area (Å²) in [6, 6.07) is 0. The second kappa shape index (κ2) is 15.5. The van der Waals surface area contributed by atoms with Crippen LogP contribution in [0.2, 0.25) is 0 Å². The molecule has 0 aromatic rings. The molecule has 19 heavy (non-hydrogen) atoms. The maximum absolute atomic E-state index is 10.2. The highest BCUT2D eigenvalue weighted by Gasteiger charge is 2.09. The van der Waals surface area contributed by atoms with E-state index in [2.05, 4.69) is 13.8 Å². The van der Waals surface area contributed by atoms with Crippen molar-refractivity contribution in [3.05, 3.63) is 0 Å². The first-order chi connectivity index (χ1) is 9.35. The highest BCUT2D eigenvalue weighted by atomic mass is 16.5. The van der Waals surface area contributed by atoms with Crippen molar-refractivity contribution in [3.63, 3.8) is 0 Å². The van der Waals surface area contributed by atoms with Gasteiger partial charge in [-0.3, -0.25) is 0 Å². The topological polar surface area (TPSA) is 26.3 Å². The molecule has 0 amide bonds. The molecule has 1 atom stereocenters. The fourth-order valence-corrected chi connectivity index (χ4v) is 2.54. The zero-order valence-electron chi connectivity index (χ0n) is 13.1. The van der Waals surface area contributed by atoms with Gasteiger partial charge in [0.25, 0.3) is 0 Å². The molecule has 0 aromatic carbocycles. The van der Waals surface area contributed by atoms with Crippen LogP contribution >= 0.6 is 0 Å². The molecule has 1 unspecified atom stereocenters. The van der Waals surface area contributed by atoms with Gasteiger partial charge in [0.2, 0.25) is 0 Å². The number of hydrogen-bond donors (Lipinski definition) is 0. The SMILES string of the molecule is CCCCCCCCC(CCCCCC)CO[C]=O. The minimum Gasteiger partial charge on any atom is -0.457 e. The number of ether oxygens (including phenoxy) is 1. The van der Waals surface area contributed by atoms with Crippen LogP contribution in [-0.4, -0.2) is 13.1 Å². The van der Waals surface area contributed by atoms with Crippen LogP contribution < -0.4 is 0 Å². The van der Waals surface area contributed by atoms with E-state index in [4.69, 9.17) is 4.74 Å². The van der Waals surface area contributed by atoms with Crippen molar-refractivity contribution in [2.75, 3.05) is 6.61 Å². The van der Waals surface area contributed by atoms with Gasteiger partial charge in [-0.1, -0.05) is 78.1 Å². The molecule has 0 saturated carbocycles. The van der Waals surface area contributed by atoms with Gasteiger partial charge < -0.3 is 4.74 Å². The molecule has 1 radical (unpaired) electrons. The van der Waals surface area contributed by atoms with Crippen LogP contribution in [0.3, 0.4) is 0 Å². The molecule has 0 saturated heterocycles. The van der Waals surface area contributed by atoms with Crippen LogP contribution in [0, 0.1) is 5.92 Å². The fourth-order valence-electron chi connectivity index (χ4n) is 2.54. The van der Waals surface area contributed by atoms with E-state index in [-0.39, 0.29) is 0 Å². The maximum atomic E-state index is 10.2. The predicted molar refractivity (Wildman–Crippen MR) is 81.9 cm³/mol. The molecule has 0 spiro atoms. The second-order valence-corrected chi connectivity index (χ2v) is 5.67. The van der Waals surface area contributed by atoms with E-state index in [1.54, 1.807) is 6.47 Å². The lowest BCUT2D eigenvalue weighted by atomic mass is 9.95. The number of unbranched alkanes of at least 4 members (excludes halogenated alkanes) is 8. The molecular formula is C17H33O2. The first-order valence-electron chi connectivity index (χ1n) is 8.34. The summed E-state index contributed by atoms with van der Waals surface area (Å²) < 4.78 is 4.84. The molecule has 113 valence electrons. The van der Waals surface area contributed by atoms with Gasteiger partial charge >= 0.3 is 6.47 Å². The Balaban J connectivity index is 3.57. The molecule has 2 heteroatoms. The van der Waals surface area contributed by atoms with Crippen molar-refractivity contribution < 1.29 is 9.53 Å². The third kappa shape index (κ3) is 13.7. The minimum absolute atomic E-state index is 0.560. The summed E-state index contributed by atoms with van der Waals surface area (Å²) in [5, 5.41) is 0. The predicted octanol–water partition coefficient (Wildman–Crippen LogP) is 5.41. The van der Waals surface area contributed by atoms with E-state index < -0.39 is 0 Å². The zero-order valence-corrected chi connectivity index (χ0v) is 13.1. The standard InChI is InChI=1S/C17H33O2/c1-3-5-7-9-10-12-14-17(15-19-16-18)13-11-8-6-4-2/h17H,3-15H2,1-2H3. The molecule has 0 aliphatic rings. The van der Waals surface area contributed by atoms with Crippen molar-refractivity contribution in [1.82, 2.24) is 0 Å². The summed E-state index contributed by atoms with van der Waals surface area (Å²) in [7, 11) is 0. The smallest absolute Gasteiger partial charge is 0.417 e. The second-order valence-electron chi connectivity index (χ2n) is 5.67. The lowest BCUT2D eigenvalue weighted by molar-refractivity contribution is 0.202. The van der Waals surface area contributed by atoms with Gasteiger partial charge in [-0.05, 0) is 18.8 Å². The van der Waals surface area contributed by atoms with Gasteiger partial charge in [-0.2, -0.15) is 0 Å². The molecule has 0 aliphatic carbocycles. The van der Waals surface area contributed by atoms with Crippen molar-refractivity contribution >= 4 is 6.47 Å². The lowest BCUT2D eigenvalue weighted by Gasteiger charge is -2.15. The van der Waals surface area contributed by atoms with Crippen LogP contribution in [-0.2, 0) is 9.53 Å². The molecule has 0 N–H and O–H groups in total. The number of carbonyl (C=O) groups excluding carboxylic acids is 1. The first-order valence-corrected chi connectivity index (χ1v) is 8.34. The molecule has 0 bridgehead atoms. The van der Waals surface area contributed by atoms with Crippen LogP contribution in [0.15, 0.2) is 0 Å². The highest BCUT2D eigenvalue weighted by molar-refractivity contribution is 5.38. The largest absolute Gasteiger partial charge is 0.457 e. The molecule has 2 nitrogen and oxygen atoms in total. The van der Waals surface area contributed by atoms with Crippen molar-refractivity contribution in [2.24, 2.45) is 5.92 Å². The van der Waals surface area contributed by atoms with Gasteiger partial charge in [-0.15, -0.1) is 0 Å². The highest BCUT2D eigenvalue weighted by Crippen LogP contribution is 2.19. The monoisotopic (exact) mass is 269 g/mol. The Morgan fingerprint density at radius 3 is 1.79 bits per heavy atom. The normalized spacial score (nSPS) is 12.3. The van der Waals surface area contributed by atoms with Crippen molar-refractivity contribution in [2.45, 2.75) is 90.9 Å². The molecule has 0 aromatic heterocycles. The first kappa shape index (κ1) is 18.5. The molecule has 0 heterocycles. The Morgan fingerprint density at radius 2 is 1.26 bits per heavy atom. The van der Waals surface area contributed by atoms with Gasteiger partial charge in [0.15, 0.2) is 0 Å². The van der Waals surface area contributed by atoms with Crippen molar-refractivity contribution in [3.8, 4) is 0 Å². The van der Waals surface area contributed by atoms with E-state index in [1.165, 1.54) is 77.0 Å². The summed E-state index contributed by atoms with van der Waals surface area (Å²) in [6.07, 6.45) is 15.6. The summed E-state index contributed by atoms with van der Waals surface area (Å²) in [5.74, 6) is 0.560. The third-order valence-corrected chi connectivity index (χ3v) is 3.81. The van der Waals surface area contributed by atoms with Crippen molar-refractivity contribution in [1.29, 1.82) is 0 Å². The van der Waals surface area contributed by atoms with E-state index in [1.807, 2.05) is 0 Å².